The Morgan fingerprint density at radius 3 is 2.71 bits per heavy atom. The van der Waals surface area contributed by atoms with E-state index in [1.165, 1.54) is 5.56 Å². The highest BCUT2D eigenvalue weighted by molar-refractivity contribution is 7.97. The van der Waals surface area contributed by atoms with Crippen LogP contribution in [0.5, 0.6) is 0 Å². The monoisotopic (exact) mass is 344 g/mol. The molecule has 24 heavy (non-hydrogen) atoms. The Bertz CT molecular complexity index is 810. The lowest BCUT2D eigenvalue weighted by Crippen LogP contribution is -2.08. The second-order valence-electron chi connectivity index (χ2n) is 5.17. The molecule has 0 radical (unpaired) electrons. The van der Waals surface area contributed by atoms with Gasteiger partial charge < -0.3 is 14.0 Å². The van der Waals surface area contributed by atoms with Crippen molar-refractivity contribution < 1.29 is 18.8 Å². The fourth-order valence-electron chi connectivity index (χ4n) is 2.24. The number of rotatable bonds is 6. The van der Waals surface area contributed by atoms with Gasteiger partial charge in [0.05, 0.1) is 12.0 Å². The second kappa shape index (κ2) is 7.27. The van der Waals surface area contributed by atoms with Crippen LogP contribution in [0.4, 0.5) is 10.5 Å². The molecule has 0 aliphatic rings. The summed E-state index contributed by atoms with van der Waals surface area (Å²) in [6.45, 7) is 1.69. The van der Waals surface area contributed by atoms with Crippen molar-refractivity contribution in [3.05, 3.63) is 59.7 Å². The summed E-state index contributed by atoms with van der Waals surface area (Å²) in [4.78, 5) is 10.9. The first-order valence-corrected chi connectivity index (χ1v) is 8.44. The number of anilines is 1. The number of furan rings is 1. The lowest BCUT2D eigenvalue weighted by molar-refractivity contribution is 0.209. The Hall–Kier alpha value is -2.67. The van der Waals surface area contributed by atoms with E-state index < -0.39 is 6.09 Å². The Morgan fingerprint density at radius 1 is 1.25 bits per heavy atom. The van der Waals surface area contributed by atoms with Crippen LogP contribution < -0.4 is 5.32 Å². The number of hydrogen-bond acceptors (Lipinski definition) is 5. The lowest BCUT2D eigenvalue weighted by atomic mass is 10.1. The Morgan fingerprint density at radius 2 is 2.04 bits per heavy atom. The molecular formula is C17H16N2O4S. The third-order valence-corrected chi connectivity index (χ3v) is 4.43. The molecule has 0 spiro atoms. The number of nitrogens with one attached hydrogen (secondary N) is 1. The number of aromatic nitrogens is 1. The molecule has 0 atom stereocenters. The molecule has 0 bridgehead atoms. The van der Waals surface area contributed by atoms with E-state index in [0.29, 0.717) is 17.1 Å². The number of hydrogen-bond donors (Lipinski definition) is 2. The van der Waals surface area contributed by atoms with Crippen molar-refractivity contribution in [3.8, 4) is 11.3 Å². The normalized spacial score (nSPS) is 10.7. The van der Waals surface area contributed by atoms with Crippen LogP contribution in [0.3, 0.4) is 0 Å². The first kappa shape index (κ1) is 16.2. The molecule has 0 saturated carbocycles. The molecule has 124 valence electrons. The molecule has 2 heterocycles. The third-order valence-electron chi connectivity index (χ3n) is 3.40. The molecule has 0 aliphatic carbocycles. The molecule has 3 aromatic rings. The summed E-state index contributed by atoms with van der Waals surface area (Å²) in [6, 6.07) is 11.6. The number of benzene rings is 1. The molecule has 0 unspecified atom stereocenters. The van der Waals surface area contributed by atoms with E-state index in [0.717, 1.165) is 22.8 Å². The van der Waals surface area contributed by atoms with Gasteiger partial charge in [-0.25, -0.2) is 4.79 Å². The highest BCUT2D eigenvalue weighted by Crippen LogP contribution is 2.31. The Balaban J connectivity index is 1.67. The first-order valence-electron chi connectivity index (χ1n) is 7.29. The van der Waals surface area contributed by atoms with Crippen LogP contribution in [0.25, 0.3) is 11.3 Å². The average Bonchev–Trinajstić information content (AvgIpc) is 3.19. The van der Waals surface area contributed by atoms with Crippen molar-refractivity contribution in [2.45, 2.75) is 18.4 Å². The number of thioether (sulfide) groups is 1. The lowest BCUT2D eigenvalue weighted by Gasteiger charge is -2.04. The summed E-state index contributed by atoms with van der Waals surface area (Å²) in [5.74, 6) is 3.06. The van der Waals surface area contributed by atoms with Gasteiger partial charge in [-0.3, -0.25) is 5.32 Å². The first-order chi connectivity index (χ1) is 11.6. The van der Waals surface area contributed by atoms with Crippen LogP contribution in [0, 0.1) is 6.92 Å². The number of nitrogens with zero attached hydrogens (tertiary/aromatic N) is 1. The zero-order chi connectivity index (χ0) is 16.9. The van der Waals surface area contributed by atoms with Gasteiger partial charge >= 0.3 is 6.09 Å². The highest BCUT2D eigenvalue weighted by atomic mass is 32.2. The quantitative estimate of drug-likeness (QED) is 0.670. The Kier molecular flexibility index (Phi) is 4.90. The largest absolute Gasteiger partial charge is 0.468 e. The predicted octanol–water partition coefficient (Wildman–Crippen LogP) is 4.77. The Labute approximate surface area is 142 Å². The van der Waals surface area contributed by atoms with Crippen LogP contribution in [-0.4, -0.2) is 16.4 Å². The van der Waals surface area contributed by atoms with Crippen LogP contribution in [0.2, 0.25) is 0 Å². The van der Waals surface area contributed by atoms with Gasteiger partial charge in [0.15, 0.2) is 5.76 Å². The average molecular weight is 344 g/mol. The minimum atomic E-state index is -1.14. The molecule has 2 N–H and O–H groups in total. The minimum absolute atomic E-state index is 0.377. The molecule has 0 saturated heterocycles. The van der Waals surface area contributed by atoms with E-state index in [4.69, 9.17) is 14.0 Å². The molecule has 2 aromatic heterocycles. The molecule has 1 aromatic carbocycles. The zero-order valence-electron chi connectivity index (χ0n) is 13.0. The van der Waals surface area contributed by atoms with Gasteiger partial charge in [-0.1, -0.05) is 29.4 Å². The van der Waals surface area contributed by atoms with Gasteiger partial charge in [-0.05, 0) is 24.6 Å². The van der Waals surface area contributed by atoms with E-state index in [9.17, 15) is 4.79 Å². The van der Waals surface area contributed by atoms with Crippen LogP contribution in [0.1, 0.15) is 17.0 Å². The number of amides is 1. The number of aryl methyl sites for hydroxylation is 1. The molecular weight excluding hydrogens is 328 g/mol. The van der Waals surface area contributed by atoms with E-state index in [-0.39, 0.29) is 0 Å². The summed E-state index contributed by atoms with van der Waals surface area (Å²) in [5.41, 5.74) is 2.83. The fraction of sp³-hybridized carbons (Fsp3) is 0.176. The van der Waals surface area contributed by atoms with Crippen molar-refractivity contribution >= 4 is 23.5 Å². The van der Waals surface area contributed by atoms with E-state index in [1.54, 1.807) is 24.9 Å². The van der Waals surface area contributed by atoms with Gasteiger partial charge in [0.2, 0.25) is 0 Å². The van der Waals surface area contributed by atoms with E-state index in [2.05, 4.69) is 10.5 Å². The van der Waals surface area contributed by atoms with Gasteiger partial charge in [-0.2, -0.15) is 0 Å². The molecule has 0 fully saturated rings. The van der Waals surface area contributed by atoms with Gasteiger partial charge in [0.1, 0.15) is 17.1 Å². The second-order valence-corrected chi connectivity index (χ2v) is 6.16. The van der Waals surface area contributed by atoms with Crippen molar-refractivity contribution in [2.24, 2.45) is 0 Å². The topological polar surface area (TPSA) is 88.5 Å². The minimum Gasteiger partial charge on any atom is -0.468 e. The molecule has 6 nitrogen and oxygen atoms in total. The van der Waals surface area contributed by atoms with Crippen molar-refractivity contribution in [1.29, 1.82) is 0 Å². The van der Waals surface area contributed by atoms with Crippen LogP contribution >= 0.6 is 11.8 Å². The summed E-state index contributed by atoms with van der Waals surface area (Å²) in [7, 11) is 0. The summed E-state index contributed by atoms with van der Waals surface area (Å²) in [6.07, 6.45) is 0.529. The van der Waals surface area contributed by atoms with Crippen molar-refractivity contribution in [2.75, 3.05) is 5.32 Å². The maximum absolute atomic E-state index is 10.9. The standard InChI is InChI=1S/C17H16N2O4S/c1-11-15(18-17(20)21)16(23-19-11)13-6-4-12(5-7-13)9-24-10-14-3-2-8-22-14/h2-8,18H,9-10H2,1H3,(H,20,21). The molecule has 7 heteroatoms. The summed E-state index contributed by atoms with van der Waals surface area (Å²) < 4.78 is 10.6. The molecule has 0 aliphatic heterocycles. The maximum atomic E-state index is 10.9. The van der Waals surface area contributed by atoms with Gasteiger partial charge in [0, 0.05) is 11.3 Å². The summed E-state index contributed by atoms with van der Waals surface area (Å²) in [5, 5.41) is 15.1. The fourth-order valence-corrected chi connectivity index (χ4v) is 3.13. The smallest absolute Gasteiger partial charge is 0.409 e. The maximum Gasteiger partial charge on any atom is 0.409 e. The van der Waals surface area contributed by atoms with Crippen LogP contribution in [-0.2, 0) is 11.5 Å². The van der Waals surface area contributed by atoms with Crippen molar-refractivity contribution in [1.82, 2.24) is 5.16 Å². The third kappa shape index (κ3) is 3.80. The number of carboxylic acid groups (broad SMARTS) is 1. The SMILES string of the molecule is Cc1noc(-c2ccc(CSCc3ccco3)cc2)c1NC(=O)O. The van der Waals surface area contributed by atoms with Gasteiger partial charge in [-0.15, -0.1) is 11.8 Å². The van der Waals surface area contributed by atoms with E-state index >= 15 is 0 Å². The van der Waals surface area contributed by atoms with Crippen LogP contribution in [0.15, 0.2) is 51.6 Å². The van der Waals surface area contributed by atoms with E-state index in [1.807, 2.05) is 36.4 Å². The zero-order valence-corrected chi connectivity index (χ0v) is 13.8. The predicted molar refractivity (Wildman–Crippen MR) is 92.0 cm³/mol. The number of carbonyl (C=O) groups is 1. The molecule has 3 rings (SSSR count). The summed E-state index contributed by atoms with van der Waals surface area (Å²) >= 11 is 1.76. The van der Waals surface area contributed by atoms with Crippen molar-refractivity contribution in [3.63, 3.8) is 0 Å². The highest BCUT2D eigenvalue weighted by Gasteiger charge is 2.16. The molecule has 1 amide bonds. The van der Waals surface area contributed by atoms with Gasteiger partial charge in [0.25, 0.3) is 0 Å².